The van der Waals surface area contributed by atoms with Crippen LogP contribution in [0.1, 0.15) is 127 Å². The number of nitrogens with zero attached hydrogens (tertiary/aromatic N) is 2. The van der Waals surface area contributed by atoms with Crippen molar-refractivity contribution in [1.29, 1.82) is 0 Å². The van der Waals surface area contributed by atoms with Crippen molar-refractivity contribution in [3.63, 3.8) is 0 Å². The van der Waals surface area contributed by atoms with Crippen molar-refractivity contribution in [1.82, 2.24) is 25.2 Å². The summed E-state index contributed by atoms with van der Waals surface area (Å²) >= 11 is 0. The van der Waals surface area contributed by atoms with Gasteiger partial charge in [0.15, 0.2) is 0 Å². The van der Waals surface area contributed by atoms with Crippen LogP contribution in [0, 0.1) is 11.8 Å². The Balaban J connectivity index is 0.00000514. The molecule has 4 amide bonds. The number of fused-ring (bicyclic) bond motifs is 5. The molecule has 1 aromatic heterocycles. The number of sulfonamides is 1. The minimum absolute atomic E-state index is 0. The number of pyridine rings is 1. The van der Waals surface area contributed by atoms with Crippen LogP contribution in [0.5, 0.6) is 11.5 Å². The van der Waals surface area contributed by atoms with Crippen LogP contribution >= 0.6 is 0 Å². The topological polar surface area (TPSA) is 182 Å². The summed E-state index contributed by atoms with van der Waals surface area (Å²) < 4.78 is 46.8. The molecule has 9 rings (SSSR count). The van der Waals surface area contributed by atoms with Crippen LogP contribution in [0.4, 0.5) is 4.79 Å². The fraction of sp³-hybridized carbons (Fsp3) is 0.667. The van der Waals surface area contributed by atoms with Crippen molar-refractivity contribution < 1.29 is 93.2 Å². The number of aromatic nitrogens is 1. The molecule has 1 aromatic carbocycles. The van der Waals surface area contributed by atoms with Crippen LogP contribution in [-0.2, 0) is 42.0 Å². The molecule has 1 spiro atoms. The van der Waals surface area contributed by atoms with E-state index in [0.717, 1.165) is 79.9 Å². The van der Waals surface area contributed by atoms with Gasteiger partial charge in [0, 0.05) is 23.3 Å². The molecule has 14 nitrogen and oxygen atoms in total. The average molecular weight is 885 g/mol. The minimum Gasteiger partial charge on any atom is -0.497 e. The smallest absolute Gasteiger partial charge is 0.497 e. The van der Waals surface area contributed by atoms with Crippen LogP contribution in [0.3, 0.4) is 0 Å². The van der Waals surface area contributed by atoms with E-state index in [0.29, 0.717) is 62.9 Å². The van der Waals surface area contributed by atoms with Crippen LogP contribution in [-0.4, -0.2) is 89.8 Å². The molecule has 7 atom stereocenters. The summed E-state index contributed by atoms with van der Waals surface area (Å²) in [6, 6.07) is 3.85. The van der Waals surface area contributed by atoms with Crippen molar-refractivity contribution in [3.05, 3.63) is 41.6 Å². The second-order valence-electron chi connectivity index (χ2n) is 18.9. The molecule has 324 valence electrons. The molecule has 3 N–H and O–H groups in total. The molecule has 16 heteroatoms. The van der Waals surface area contributed by atoms with E-state index >= 15 is 4.79 Å². The molecule has 0 radical (unpaired) electrons. The van der Waals surface area contributed by atoms with E-state index in [1.165, 1.54) is 4.90 Å². The molecule has 4 aliphatic heterocycles. The van der Waals surface area contributed by atoms with Crippen molar-refractivity contribution in [3.8, 4) is 11.5 Å². The number of allylic oxidation sites excluding steroid dienone is 1. The van der Waals surface area contributed by atoms with E-state index in [4.69, 9.17) is 19.2 Å². The predicted molar refractivity (Wildman–Crippen MR) is 223 cm³/mol. The van der Waals surface area contributed by atoms with Gasteiger partial charge in [0.25, 0.3) is 5.91 Å². The molecule has 4 fully saturated rings. The number of hydrogen-bond acceptors (Lipinski definition) is 10. The zero-order valence-electron chi connectivity index (χ0n) is 35.9. The van der Waals surface area contributed by atoms with Gasteiger partial charge >= 0.3 is 57.5 Å². The fourth-order valence-electron chi connectivity index (χ4n) is 10.6. The fourth-order valence-corrected chi connectivity index (χ4v) is 11.9. The average Bonchev–Trinajstić information content (AvgIpc) is 4.05. The number of alkyl carbamates (subject to hydrolysis) is 1. The molecular weight excluding hydrogens is 826 g/mol. The van der Waals surface area contributed by atoms with Crippen LogP contribution < -0.4 is 76.2 Å². The van der Waals surface area contributed by atoms with Gasteiger partial charge in [-0.25, -0.2) is 18.2 Å². The number of methoxy groups -OCH3 is 1. The molecule has 61 heavy (non-hydrogen) atoms. The third kappa shape index (κ3) is 8.88. The first-order chi connectivity index (χ1) is 28.8. The molecule has 3 aliphatic carbocycles. The normalized spacial score (nSPS) is 33.0. The second-order valence-corrected chi connectivity index (χ2v) is 21.1. The summed E-state index contributed by atoms with van der Waals surface area (Å²) in [5.41, 5.74) is 0.258. The molecule has 7 aliphatic rings. The van der Waals surface area contributed by atoms with Crippen molar-refractivity contribution in [2.45, 2.75) is 163 Å². The monoisotopic (exact) mass is 884 g/mol. The van der Waals surface area contributed by atoms with Crippen molar-refractivity contribution in [2.75, 3.05) is 13.7 Å². The first-order valence-corrected chi connectivity index (χ1v) is 23.8. The third-order valence-electron chi connectivity index (χ3n) is 14.7. The largest absolute Gasteiger partial charge is 1.00 e. The van der Waals surface area contributed by atoms with Crippen LogP contribution in [0.15, 0.2) is 30.4 Å². The van der Waals surface area contributed by atoms with Gasteiger partial charge in [-0.1, -0.05) is 37.8 Å². The van der Waals surface area contributed by atoms with Crippen molar-refractivity contribution >= 4 is 44.7 Å². The summed E-state index contributed by atoms with van der Waals surface area (Å²) in [7, 11) is -2.35. The summed E-state index contributed by atoms with van der Waals surface area (Å²) in [4.78, 5) is 64.4. The van der Waals surface area contributed by atoms with Gasteiger partial charge in [0.05, 0.1) is 29.6 Å². The van der Waals surface area contributed by atoms with Gasteiger partial charge in [-0.3, -0.25) is 19.1 Å². The quantitative estimate of drug-likeness (QED) is 0.305. The summed E-state index contributed by atoms with van der Waals surface area (Å²) in [5.74, 6) is -0.505. The summed E-state index contributed by atoms with van der Waals surface area (Å²) in [6.45, 7) is 1.69. The third-order valence-corrected chi connectivity index (χ3v) is 16.9. The Hall–Kier alpha value is -2.76. The number of carbonyl (C=O) groups excluding carboxylic acids is 4. The molecule has 3 saturated carbocycles. The Kier molecular flexibility index (Phi) is 13.0. The van der Waals surface area contributed by atoms with Crippen molar-refractivity contribution in [2.24, 2.45) is 11.8 Å². The molecular formula is C45H59KN5O9S+. The summed E-state index contributed by atoms with van der Waals surface area (Å²) in [5, 5.41) is 6.89. The van der Waals surface area contributed by atoms with E-state index in [-0.39, 0.29) is 82.8 Å². The maximum Gasteiger partial charge on any atom is 1.00 e. The molecule has 4 bridgehead atoms. The number of benzene rings is 1. The van der Waals surface area contributed by atoms with Crippen LogP contribution in [0.2, 0.25) is 0 Å². The van der Waals surface area contributed by atoms with Gasteiger partial charge in [-0.05, 0) is 121 Å². The molecule has 2 aromatic rings. The standard InChI is InChI=1S/C45H59N5O9S.K/c1-43(22-23-43)60(55,56)49-41(53)45-25-29(45)14-8-4-3-5-9-16-35-40(52)50-27-44(26-36(50)39(51)48-45)21-20-31-32-24-30(57-2)18-19-33(32)46-34(38(31)59-44)15-10-6-7-12-28-13-11-17-37(28)58-42(54)47-35;/h8,14,18-19,24,28-29,35-37H,3-7,9-13,15-17,20-23,25-27H2,1-2H3,(H,47,54)(H,48,51)(H,49,53);/q;+1/b14-8-;/t28-,29-,35+,36+,37-,44-,45-;/m1./s1. The van der Waals surface area contributed by atoms with Gasteiger partial charge in [-0.15, -0.1) is 0 Å². The molecule has 0 unspecified atom stereocenters. The molecule has 5 heterocycles. The Labute approximate surface area is 401 Å². The zero-order valence-corrected chi connectivity index (χ0v) is 39.8. The first-order valence-electron chi connectivity index (χ1n) is 22.3. The predicted octanol–water partition coefficient (Wildman–Crippen LogP) is 2.69. The van der Waals surface area contributed by atoms with E-state index in [1.807, 2.05) is 30.4 Å². The Morgan fingerprint density at radius 3 is 2.56 bits per heavy atom. The Morgan fingerprint density at radius 1 is 0.967 bits per heavy atom. The first kappa shape index (κ1) is 44.8. The number of carbonyl (C=O) groups is 4. The number of amides is 4. The Bertz CT molecular complexity index is 2220. The molecule has 1 saturated heterocycles. The second kappa shape index (κ2) is 17.7. The van der Waals surface area contributed by atoms with E-state index in [2.05, 4.69) is 15.4 Å². The Morgan fingerprint density at radius 2 is 1.75 bits per heavy atom. The maximum absolute atomic E-state index is 15.0. The van der Waals surface area contributed by atoms with E-state index in [9.17, 15) is 22.8 Å². The number of rotatable bonds is 4. The van der Waals surface area contributed by atoms with E-state index < -0.39 is 67.7 Å². The minimum atomic E-state index is -3.99. The number of nitrogens with one attached hydrogen (secondary N) is 3. The SMILES string of the molecule is COc1ccc2nc3c4c(c2c1)CC[C@]1(C[C@H]2C(=O)N[C@]5(C(=O)NS(=O)(=O)C6(C)CC6)C[C@H]5/C=C\CCCCC[C@H](NC(=O)O[C@@H]5CCC[C@H]5CCCCC3)C(=O)N2C1)O4.[K+]. The summed E-state index contributed by atoms with van der Waals surface area (Å²) in [6.07, 6.45) is 16.0. The maximum atomic E-state index is 15.0. The zero-order chi connectivity index (χ0) is 41.9. The van der Waals surface area contributed by atoms with Gasteiger partial charge in [-0.2, -0.15) is 0 Å². The number of aryl methyl sites for hydroxylation is 2. The number of hydrogen-bond donors (Lipinski definition) is 3. The van der Waals surface area contributed by atoms with Crippen LogP contribution in [0.25, 0.3) is 10.9 Å². The van der Waals surface area contributed by atoms with E-state index in [1.54, 1.807) is 14.0 Å². The van der Waals surface area contributed by atoms with Gasteiger partial charge < -0.3 is 29.7 Å². The van der Waals surface area contributed by atoms with Gasteiger partial charge in [0.1, 0.15) is 40.8 Å². The number of ether oxygens (including phenoxy) is 3. The van der Waals surface area contributed by atoms with Gasteiger partial charge in [0.2, 0.25) is 21.8 Å².